The summed E-state index contributed by atoms with van der Waals surface area (Å²) in [6, 6.07) is 7.46. The van der Waals surface area contributed by atoms with Gasteiger partial charge < -0.3 is 14.3 Å². The average molecular weight is 329 g/mol. The molecule has 0 aliphatic carbocycles. The summed E-state index contributed by atoms with van der Waals surface area (Å²) in [4.78, 5) is 28.2. The number of aromatic nitrogens is 1. The summed E-state index contributed by atoms with van der Waals surface area (Å²) in [5.41, 5.74) is 0.444. The molecule has 7 heteroatoms. The van der Waals surface area contributed by atoms with Crippen molar-refractivity contribution in [3.8, 4) is 0 Å². The van der Waals surface area contributed by atoms with Gasteiger partial charge in [0.2, 0.25) is 11.7 Å². The third kappa shape index (κ3) is 2.46. The number of nitrogens with zero attached hydrogens (tertiary/aromatic N) is 3. The predicted octanol–water partition coefficient (Wildman–Crippen LogP) is 2.08. The molecule has 1 aromatic carbocycles. The van der Waals surface area contributed by atoms with Crippen LogP contribution in [0, 0.1) is 11.2 Å². The number of carbonyl (C=O) groups excluding carboxylic acids is 2. The van der Waals surface area contributed by atoms with E-state index in [0.29, 0.717) is 31.7 Å². The van der Waals surface area contributed by atoms with Crippen LogP contribution in [0.2, 0.25) is 0 Å². The summed E-state index contributed by atoms with van der Waals surface area (Å²) in [5.74, 6) is -0.302. The Kier molecular flexibility index (Phi) is 3.37. The van der Waals surface area contributed by atoms with Crippen LogP contribution in [0.5, 0.6) is 0 Å². The number of amides is 2. The molecule has 6 nitrogen and oxygen atoms in total. The molecule has 0 N–H and O–H groups in total. The Hall–Kier alpha value is -2.70. The van der Waals surface area contributed by atoms with Crippen LogP contribution in [0.15, 0.2) is 41.1 Å². The monoisotopic (exact) mass is 329 g/mol. The van der Waals surface area contributed by atoms with Crippen LogP contribution in [0.25, 0.3) is 0 Å². The zero-order valence-corrected chi connectivity index (χ0v) is 12.9. The third-order valence-electron chi connectivity index (χ3n) is 4.83. The minimum Gasteiger partial charge on any atom is -0.351 e. The van der Waals surface area contributed by atoms with E-state index in [2.05, 4.69) is 5.16 Å². The highest BCUT2D eigenvalue weighted by molar-refractivity contribution is 5.97. The molecule has 2 aliphatic heterocycles. The molecule has 1 aromatic heterocycles. The van der Waals surface area contributed by atoms with Crippen molar-refractivity contribution in [1.29, 1.82) is 0 Å². The van der Waals surface area contributed by atoms with Gasteiger partial charge in [0.25, 0.3) is 5.91 Å². The van der Waals surface area contributed by atoms with Crippen LogP contribution in [-0.4, -0.2) is 41.5 Å². The van der Waals surface area contributed by atoms with Crippen molar-refractivity contribution in [3.05, 3.63) is 48.1 Å². The molecule has 1 spiro atoms. The van der Waals surface area contributed by atoms with Gasteiger partial charge in [0, 0.05) is 43.2 Å². The maximum Gasteiger partial charge on any atom is 0.292 e. The first-order valence-corrected chi connectivity index (χ1v) is 7.82. The average Bonchev–Trinajstić information content (AvgIpc) is 3.29. The largest absolute Gasteiger partial charge is 0.351 e. The summed E-state index contributed by atoms with van der Waals surface area (Å²) in [7, 11) is 0. The molecular weight excluding hydrogens is 313 g/mol. The number of likely N-dealkylation sites (tertiary alicyclic amines) is 1. The molecule has 0 bridgehead atoms. The summed E-state index contributed by atoms with van der Waals surface area (Å²) >= 11 is 0. The quantitative estimate of drug-likeness (QED) is 0.846. The Morgan fingerprint density at radius 3 is 2.71 bits per heavy atom. The van der Waals surface area contributed by atoms with Gasteiger partial charge in [0.15, 0.2) is 0 Å². The van der Waals surface area contributed by atoms with Crippen LogP contribution in [0.1, 0.15) is 23.4 Å². The Balaban J connectivity index is 1.50. The minimum atomic E-state index is -0.329. The normalized spacial score (nSPS) is 23.5. The SMILES string of the molecule is O=C(c1ccno1)N1CCC2(CC(=O)N(c3ccc(F)cc3)C2)C1. The van der Waals surface area contributed by atoms with Gasteiger partial charge >= 0.3 is 0 Å². The number of hydrogen-bond donors (Lipinski definition) is 0. The molecule has 3 heterocycles. The fourth-order valence-electron chi connectivity index (χ4n) is 3.62. The van der Waals surface area contributed by atoms with Crippen molar-refractivity contribution in [3.63, 3.8) is 0 Å². The Morgan fingerprint density at radius 1 is 1.21 bits per heavy atom. The Morgan fingerprint density at radius 2 is 2.00 bits per heavy atom. The maximum absolute atomic E-state index is 13.1. The zero-order valence-electron chi connectivity index (χ0n) is 12.9. The highest BCUT2D eigenvalue weighted by Gasteiger charge is 2.49. The Bertz CT molecular complexity index is 775. The lowest BCUT2D eigenvalue weighted by molar-refractivity contribution is -0.117. The van der Waals surface area contributed by atoms with E-state index in [1.165, 1.54) is 24.4 Å². The molecule has 2 saturated heterocycles. The summed E-state index contributed by atoms with van der Waals surface area (Å²) in [6.45, 7) is 1.64. The summed E-state index contributed by atoms with van der Waals surface area (Å²) in [5, 5.41) is 3.56. The van der Waals surface area contributed by atoms with Crippen molar-refractivity contribution >= 4 is 17.5 Å². The zero-order chi connectivity index (χ0) is 16.7. The van der Waals surface area contributed by atoms with Crippen LogP contribution in [-0.2, 0) is 4.79 Å². The Labute approximate surface area is 137 Å². The van der Waals surface area contributed by atoms with Crippen LogP contribution in [0.3, 0.4) is 0 Å². The molecule has 0 radical (unpaired) electrons. The van der Waals surface area contributed by atoms with Gasteiger partial charge in [-0.05, 0) is 30.7 Å². The maximum atomic E-state index is 13.1. The first-order chi connectivity index (χ1) is 11.6. The molecule has 4 rings (SSSR count). The van der Waals surface area contributed by atoms with E-state index in [1.807, 2.05) is 0 Å². The van der Waals surface area contributed by atoms with E-state index in [0.717, 1.165) is 6.42 Å². The topological polar surface area (TPSA) is 66.7 Å². The van der Waals surface area contributed by atoms with Crippen LogP contribution < -0.4 is 4.90 Å². The molecular formula is C17H16FN3O3. The number of halogens is 1. The third-order valence-corrected chi connectivity index (χ3v) is 4.83. The number of benzene rings is 1. The minimum absolute atomic E-state index is 0.00979. The predicted molar refractivity (Wildman–Crippen MR) is 82.8 cm³/mol. The van der Waals surface area contributed by atoms with Crippen LogP contribution >= 0.6 is 0 Å². The fraction of sp³-hybridized carbons (Fsp3) is 0.353. The molecule has 2 aliphatic rings. The molecule has 1 atom stereocenters. The standard InChI is InChI=1S/C17H16FN3O3/c18-12-1-3-13(4-2-12)21-11-17(9-15(21)22)6-8-20(10-17)16(23)14-5-7-19-24-14/h1-5,7H,6,8-11H2. The fourth-order valence-corrected chi connectivity index (χ4v) is 3.62. The molecule has 2 amide bonds. The van der Waals surface area contributed by atoms with Crippen molar-refractivity contribution in [2.75, 3.05) is 24.5 Å². The van der Waals surface area contributed by atoms with E-state index in [4.69, 9.17) is 4.52 Å². The van der Waals surface area contributed by atoms with Gasteiger partial charge in [0.05, 0.1) is 6.20 Å². The highest BCUT2D eigenvalue weighted by atomic mass is 19.1. The van der Waals surface area contributed by atoms with Gasteiger partial charge in [-0.25, -0.2) is 4.39 Å². The highest BCUT2D eigenvalue weighted by Crippen LogP contribution is 2.42. The van der Waals surface area contributed by atoms with E-state index in [9.17, 15) is 14.0 Å². The van der Waals surface area contributed by atoms with Gasteiger partial charge in [-0.2, -0.15) is 0 Å². The molecule has 1 unspecified atom stereocenters. The molecule has 24 heavy (non-hydrogen) atoms. The van der Waals surface area contributed by atoms with Crippen LogP contribution in [0.4, 0.5) is 10.1 Å². The van der Waals surface area contributed by atoms with E-state index in [-0.39, 0.29) is 28.8 Å². The van der Waals surface area contributed by atoms with Crippen molar-refractivity contribution in [1.82, 2.24) is 10.1 Å². The summed E-state index contributed by atoms with van der Waals surface area (Å²) < 4.78 is 18.0. The smallest absolute Gasteiger partial charge is 0.292 e. The number of anilines is 1. The number of carbonyl (C=O) groups is 2. The first-order valence-electron chi connectivity index (χ1n) is 7.82. The second-order valence-corrected chi connectivity index (χ2v) is 6.49. The van der Waals surface area contributed by atoms with Gasteiger partial charge in [0.1, 0.15) is 5.82 Å². The summed E-state index contributed by atoms with van der Waals surface area (Å²) in [6.07, 6.45) is 2.59. The molecule has 2 aromatic rings. The lowest BCUT2D eigenvalue weighted by Gasteiger charge is -2.24. The lowest BCUT2D eigenvalue weighted by Crippen LogP contribution is -2.34. The van der Waals surface area contributed by atoms with Crippen molar-refractivity contribution < 1.29 is 18.5 Å². The number of rotatable bonds is 2. The molecule has 0 saturated carbocycles. The first kappa shape index (κ1) is 14.9. The molecule has 2 fully saturated rings. The van der Waals surface area contributed by atoms with Gasteiger partial charge in [-0.3, -0.25) is 9.59 Å². The van der Waals surface area contributed by atoms with E-state index < -0.39 is 0 Å². The van der Waals surface area contributed by atoms with E-state index in [1.54, 1.807) is 21.9 Å². The van der Waals surface area contributed by atoms with Gasteiger partial charge in [-0.15, -0.1) is 0 Å². The van der Waals surface area contributed by atoms with E-state index >= 15 is 0 Å². The van der Waals surface area contributed by atoms with Crippen molar-refractivity contribution in [2.24, 2.45) is 5.41 Å². The number of hydrogen-bond acceptors (Lipinski definition) is 4. The van der Waals surface area contributed by atoms with Gasteiger partial charge in [-0.1, -0.05) is 5.16 Å². The lowest BCUT2D eigenvalue weighted by atomic mass is 9.86. The second-order valence-electron chi connectivity index (χ2n) is 6.49. The molecule has 124 valence electrons. The van der Waals surface area contributed by atoms with Crippen molar-refractivity contribution in [2.45, 2.75) is 12.8 Å². The second kappa shape index (κ2) is 5.43.